The molecule has 2 saturated heterocycles. The van der Waals surface area contributed by atoms with Crippen molar-refractivity contribution in [2.75, 3.05) is 23.3 Å². The second-order valence-corrected chi connectivity index (χ2v) is 9.11. The number of amides is 2. The van der Waals surface area contributed by atoms with E-state index in [-0.39, 0.29) is 23.9 Å². The van der Waals surface area contributed by atoms with Gasteiger partial charge in [-0.2, -0.15) is 10.1 Å². The molecule has 33 heavy (non-hydrogen) atoms. The van der Waals surface area contributed by atoms with Crippen LogP contribution in [0.5, 0.6) is 0 Å². The topological polar surface area (TPSA) is 132 Å². The van der Waals surface area contributed by atoms with Crippen molar-refractivity contribution < 1.29 is 9.59 Å². The average molecular weight is 450 g/mol. The smallest absolute Gasteiger partial charge is 0.246 e. The summed E-state index contributed by atoms with van der Waals surface area (Å²) >= 11 is 0. The van der Waals surface area contributed by atoms with E-state index in [1.165, 1.54) is 12.8 Å². The van der Waals surface area contributed by atoms with Gasteiger partial charge in [0.15, 0.2) is 11.6 Å². The molecule has 1 aliphatic carbocycles. The number of rotatable bonds is 6. The summed E-state index contributed by atoms with van der Waals surface area (Å²) in [6.45, 7) is 1.18. The van der Waals surface area contributed by atoms with E-state index in [0.29, 0.717) is 43.6 Å². The SMILES string of the molecule is O=C1CC[C@@H](NC(=O)[C@@H]2CCCN2c2nc(Nc3cc(C4CC4)[nH]n3)c3cccn3n2)CN1. The van der Waals surface area contributed by atoms with Crippen molar-refractivity contribution in [3.63, 3.8) is 0 Å². The molecule has 5 heterocycles. The molecule has 0 unspecified atom stereocenters. The maximum Gasteiger partial charge on any atom is 0.246 e. The number of nitrogens with one attached hydrogen (secondary N) is 4. The van der Waals surface area contributed by atoms with E-state index >= 15 is 0 Å². The number of hydrogen-bond donors (Lipinski definition) is 4. The average Bonchev–Trinajstić information content (AvgIpc) is 3.20. The lowest BCUT2D eigenvalue weighted by molar-refractivity contribution is -0.126. The zero-order valence-electron chi connectivity index (χ0n) is 18.3. The number of aromatic amines is 1. The summed E-state index contributed by atoms with van der Waals surface area (Å²) in [7, 11) is 0. The molecule has 11 heteroatoms. The zero-order valence-corrected chi connectivity index (χ0v) is 18.3. The molecule has 4 N–H and O–H groups in total. The fraction of sp³-hybridized carbons (Fsp3) is 0.500. The molecule has 2 aliphatic heterocycles. The van der Waals surface area contributed by atoms with Gasteiger partial charge >= 0.3 is 0 Å². The van der Waals surface area contributed by atoms with Crippen LogP contribution in [0, 0.1) is 0 Å². The molecule has 2 amide bonds. The number of carbonyl (C=O) groups is 2. The van der Waals surface area contributed by atoms with Gasteiger partial charge in [0.1, 0.15) is 11.6 Å². The highest BCUT2D eigenvalue weighted by molar-refractivity contribution is 5.86. The lowest BCUT2D eigenvalue weighted by atomic mass is 10.1. The molecular weight excluding hydrogens is 422 g/mol. The van der Waals surface area contributed by atoms with Gasteiger partial charge in [-0.3, -0.25) is 14.7 Å². The molecule has 3 aromatic heterocycles. The first-order chi connectivity index (χ1) is 16.1. The van der Waals surface area contributed by atoms with Crippen molar-refractivity contribution in [2.24, 2.45) is 0 Å². The molecular formula is C22H27N9O2. The molecule has 0 spiro atoms. The Bertz CT molecular complexity index is 1190. The van der Waals surface area contributed by atoms with Crippen molar-refractivity contribution in [3.05, 3.63) is 30.1 Å². The van der Waals surface area contributed by atoms with E-state index in [2.05, 4.69) is 31.2 Å². The van der Waals surface area contributed by atoms with Crippen LogP contribution in [0.2, 0.25) is 0 Å². The zero-order chi connectivity index (χ0) is 22.4. The fourth-order valence-corrected chi connectivity index (χ4v) is 4.69. The molecule has 3 fully saturated rings. The second-order valence-electron chi connectivity index (χ2n) is 9.11. The standard InChI is InChI=1S/C22H27N9O2/c32-19-8-7-14(12-23-19)24-21(33)17-4-1-9-30(17)22-26-20(16-3-2-10-31(16)29-22)25-18-11-15(27-28-18)13-5-6-13/h2-3,10-11,13-14,17H,1,4-9,12H2,(H,23,32)(H,24,33)(H2,25,26,27,28,29)/t14-,17+/m1/s1. The molecule has 0 aromatic carbocycles. The van der Waals surface area contributed by atoms with Crippen LogP contribution in [-0.2, 0) is 9.59 Å². The lowest BCUT2D eigenvalue weighted by Crippen LogP contribution is -2.52. The Kier molecular flexibility index (Phi) is 4.88. The first-order valence-electron chi connectivity index (χ1n) is 11.7. The van der Waals surface area contributed by atoms with E-state index in [4.69, 9.17) is 4.98 Å². The molecule has 2 atom stereocenters. The summed E-state index contributed by atoms with van der Waals surface area (Å²) < 4.78 is 1.78. The minimum Gasteiger partial charge on any atom is -0.354 e. The van der Waals surface area contributed by atoms with Crippen molar-refractivity contribution >= 4 is 34.9 Å². The fourth-order valence-electron chi connectivity index (χ4n) is 4.69. The van der Waals surface area contributed by atoms with Gasteiger partial charge in [-0.15, -0.1) is 5.10 Å². The van der Waals surface area contributed by atoms with Gasteiger partial charge in [0.05, 0.1) is 0 Å². The number of anilines is 3. The van der Waals surface area contributed by atoms with Crippen LogP contribution >= 0.6 is 0 Å². The maximum absolute atomic E-state index is 13.1. The molecule has 0 bridgehead atoms. The van der Waals surface area contributed by atoms with Crippen LogP contribution in [0.4, 0.5) is 17.6 Å². The Labute approximate surface area is 190 Å². The summed E-state index contributed by atoms with van der Waals surface area (Å²) in [5.41, 5.74) is 1.99. The van der Waals surface area contributed by atoms with E-state index in [0.717, 1.165) is 29.9 Å². The minimum atomic E-state index is -0.338. The van der Waals surface area contributed by atoms with Crippen LogP contribution in [0.3, 0.4) is 0 Å². The van der Waals surface area contributed by atoms with Gasteiger partial charge in [0.25, 0.3) is 0 Å². The summed E-state index contributed by atoms with van der Waals surface area (Å²) in [4.78, 5) is 31.3. The van der Waals surface area contributed by atoms with Gasteiger partial charge in [0.2, 0.25) is 17.8 Å². The van der Waals surface area contributed by atoms with Gasteiger partial charge in [-0.05, 0) is 44.2 Å². The number of nitrogens with zero attached hydrogens (tertiary/aromatic N) is 5. The van der Waals surface area contributed by atoms with Gasteiger partial charge in [-0.25, -0.2) is 4.52 Å². The largest absolute Gasteiger partial charge is 0.354 e. The maximum atomic E-state index is 13.1. The minimum absolute atomic E-state index is 0.0388. The highest BCUT2D eigenvalue weighted by atomic mass is 16.2. The highest BCUT2D eigenvalue weighted by Crippen LogP contribution is 2.39. The summed E-state index contributed by atoms with van der Waals surface area (Å²) in [5.74, 6) is 2.47. The molecule has 3 aliphatic rings. The number of hydrogen-bond acceptors (Lipinski definition) is 7. The first kappa shape index (κ1) is 20.0. The number of H-pyrrole nitrogens is 1. The monoisotopic (exact) mass is 449 g/mol. The van der Waals surface area contributed by atoms with E-state index in [1.807, 2.05) is 29.3 Å². The van der Waals surface area contributed by atoms with Crippen LogP contribution in [0.25, 0.3) is 5.52 Å². The summed E-state index contributed by atoms with van der Waals surface area (Å²) in [6.07, 6.45) is 7.02. The quantitative estimate of drug-likeness (QED) is 0.448. The Morgan fingerprint density at radius 2 is 2.12 bits per heavy atom. The van der Waals surface area contributed by atoms with Crippen LogP contribution < -0.4 is 20.9 Å². The Balaban J connectivity index is 1.23. The van der Waals surface area contributed by atoms with Gasteiger partial charge in [-0.1, -0.05) is 0 Å². The Morgan fingerprint density at radius 3 is 2.94 bits per heavy atom. The number of piperidine rings is 1. The number of fused-ring (bicyclic) bond motifs is 1. The Hall–Kier alpha value is -3.63. The van der Waals surface area contributed by atoms with Crippen LogP contribution in [0.1, 0.15) is 50.1 Å². The van der Waals surface area contributed by atoms with Crippen LogP contribution in [-0.4, -0.2) is 61.8 Å². The first-order valence-corrected chi connectivity index (χ1v) is 11.7. The van der Waals surface area contributed by atoms with Crippen molar-refractivity contribution in [3.8, 4) is 0 Å². The van der Waals surface area contributed by atoms with Gasteiger partial charge in [0, 0.05) is 49.4 Å². The van der Waals surface area contributed by atoms with E-state index in [1.54, 1.807) is 4.52 Å². The molecule has 0 radical (unpaired) electrons. The third-order valence-corrected chi connectivity index (χ3v) is 6.67. The molecule has 172 valence electrons. The third-order valence-electron chi connectivity index (χ3n) is 6.67. The van der Waals surface area contributed by atoms with E-state index in [9.17, 15) is 9.59 Å². The molecule has 1 saturated carbocycles. The van der Waals surface area contributed by atoms with Crippen molar-refractivity contribution in [1.29, 1.82) is 0 Å². The second kappa shape index (κ2) is 8.05. The van der Waals surface area contributed by atoms with Crippen molar-refractivity contribution in [2.45, 2.75) is 56.5 Å². The number of aromatic nitrogens is 5. The van der Waals surface area contributed by atoms with Gasteiger partial charge < -0.3 is 20.9 Å². The molecule has 6 rings (SSSR count). The predicted octanol–water partition coefficient (Wildman–Crippen LogP) is 1.44. The predicted molar refractivity (Wildman–Crippen MR) is 121 cm³/mol. The third kappa shape index (κ3) is 3.98. The summed E-state index contributed by atoms with van der Waals surface area (Å²) in [5, 5.41) is 21.4. The van der Waals surface area contributed by atoms with Crippen LogP contribution in [0.15, 0.2) is 24.4 Å². The Morgan fingerprint density at radius 1 is 1.21 bits per heavy atom. The molecule has 11 nitrogen and oxygen atoms in total. The highest BCUT2D eigenvalue weighted by Gasteiger charge is 2.35. The summed E-state index contributed by atoms with van der Waals surface area (Å²) in [6, 6.07) is 5.53. The van der Waals surface area contributed by atoms with Crippen molar-refractivity contribution in [1.82, 2.24) is 35.4 Å². The lowest BCUT2D eigenvalue weighted by Gasteiger charge is -2.28. The normalized spacial score (nSPS) is 23.0. The number of carbonyl (C=O) groups excluding carboxylic acids is 2. The van der Waals surface area contributed by atoms with E-state index < -0.39 is 0 Å². The molecule has 3 aromatic rings.